The SMILES string of the molecule is Cc1sc2nc(SCCCCC(=O)N(C)C)n(C(C)C)c(=O)c2c1C. The Labute approximate surface area is 157 Å². The summed E-state index contributed by atoms with van der Waals surface area (Å²) in [6, 6.07) is 0.0711. The van der Waals surface area contributed by atoms with Crippen molar-refractivity contribution >= 4 is 39.2 Å². The summed E-state index contributed by atoms with van der Waals surface area (Å²) in [6.07, 6.45) is 2.36. The molecule has 5 nitrogen and oxygen atoms in total. The maximum Gasteiger partial charge on any atom is 0.263 e. The Morgan fingerprint density at radius 1 is 1.28 bits per heavy atom. The minimum absolute atomic E-state index is 0.0622. The van der Waals surface area contributed by atoms with Crippen molar-refractivity contribution in [3.8, 4) is 0 Å². The molecule has 2 rings (SSSR count). The molecule has 0 saturated heterocycles. The van der Waals surface area contributed by atoms with E-state index in [9.17, 15) is 9.59 Å². The Morgan fingerprint density at radius 3 is 2.56 bits per heavy atom. The van der Waals surface area contributed by atoms with Crippen LogP contribution in [-0.2, 0) is 4.79 Å². The van der Waals surface area contributed by atoms with E-state index in [-0.39, 0.29) is 17.5 Å². The van der Waals surface area contributed by atoms with Crippen LogP contribution in [0.1, 0.15) is 49.6 Å². The first-order valence-corrected chi connectivity index (χ1v) is 10.4. The molecular formula is C18H27N3O2S2. The van der Waals surface area contributed by atoms with Crippen molar-refractivity contribution < 1.29 is 4.79 Å². The second-order valence-electron chi connectivity index (χ2n) is 6.72. The first-order valence-electron chi connectivity index (χ1n) is 8.59. The molecule has 138 valence electrons. The van der Waals surface area contributed by atoms with Gasteiger partial charge >= 0.3 is 0 Å². The van der Waals surface area contributed by atoms with Crippen molar-refractivity contribution in [1.82, 2.24) is 14.5 Å². The van der Waals surface area contributed by atoms with Gasteiger partial charge in [0.1, 0.15) is 4.83 Å². The van der Waals surface area contributed by atoms with E-state index in [1.807, 2.05) is 27.7 Å². The molecule has 0 aliphatic carbocycles. The lowest BCUT2D eigenvalue weighted by atomic mass is 10.2. The summed E-state index contributed by atoms with van der Waals surface area (Å²) in [5.41, 5.74) is 1.11. The van der Waals surface area contributed by atoms with Gasteiger partial charge in [-0.05, 0) is 46.1 Å². The zero-order valence-corrected chi connectivity index (χ0v) is 17.5. The van der Waals surface area contributed by atoms with E-state index in [0.29, 0.717) is 6.42 Å². The number of rotatable bonds is 7. The van der Waals surface area contributed by atoms with Crippen LogP contribution < -0.4 is 5.56 Å². The third-order valence-corrected chi connectivity index (χ3v) is 6.37. The van der Waals surface area contributed by atoms with Gasteiger partial charge in [-0.2, -0.15) is 0 Å². The number of carbonyl (C=O) groups excluding carboxylic acids is 1. The van der Waals surface area contributed by atoms with E-state index in [1.54, 1.807) is 46.7 Å². The molecule has 0 fully saturated rings. The predicted molar refractivity (Wildman–Crippen MR) is 107 cm³/mol. The Balaban J connectivity index is 2.16. The molecule has 2 heterocycles. The topological polar surface area (TPSA) is 55.2 Å². The Kier molecular flexibility index (Phi) is 6.68. The van der Waals surface area contributed by atoms with Crippen LogP contribution in [0, 0.1) is 13.8 Å². The minimum atomic E-state index is 0.0622. The molecule has 0 spiro atoms. The van der Waals surface area contributed by atoms with Crippen molar-refractivity contribution in [1.29, 1.82) is 0 Å². The molecule has 0 bridgehead atoms. The third-order valence-electron chi connectivity index (χ3n) is 4.23. The molecule has 1 amide bonds. The lowest BCUT2D eigenvalue weighted by molar-refractivity contribution is -0.128. The van der Waals surface area contributed by atoms with Crippen LogP contribution in [-0.4, -0.2) is 40.2 Å². The van der Waals surface area contributed by atoms with Crippen LogP contribution in [0.15, 0.2) is 9.95 Å². The zero-order valence-electron chi connectivity index (χ0n) is 15.9. The summed E-state index contributed by atoms with van der Waals surface area (Å²) in [6.45, 7) is 8.07. The van der Waals surface area contributed by atoms with Crippen molar-refractivity contribution in [2.45, 2.75) is 58.2 Å². The van der Waals surface area contributed by atoms with Crippen LogP contribution >= 0.6 is 23.1 Å². The predicted octanol–water partition coefficient (Wildman–Crippen LogP) is 4.01. The lowest BCUT2D eigenvalue weighted by Crippen LogP contribution is -2.25. The largest absolute Gasteiger partial charge is 0.349 e. The third kappa shape index (κ3) is 4.44. The van der Waals surface area contributed by atoms with Gasteiger partial charge < -0.3 is 4.90 Å². The van der Waals surface area contributed by atoms with Gasteiger partial charge in [0.2, 0.25) is 5.91 Å². The van der Waals surface area contributed by atoms with E-state index >= 15 is 0 Å². The molecule has 7 heteroatoms. The van der Waals surface area contributed by atoms with Crippen molar-refractivity contribution in [2.24, 2.45) is 0 Å². The standard InChI is InChI=1S/C18H27N3O2S2/c1-11(2)21-17(23)15-12(3)13(4)25-16(15)19-18(21)24-10-8-7-9-14(22)20(5)6/h11H,7-10H2,1-6H3. The number of aromatic nitrogens is 2. The Morgan fingerprint density at radius 2 is 1.96 bits per heavy atom. The average Bonchev–Trinajstić information content (AvgIpc) is 2.81. The Hall–Kier alpha value is -1.34. The molecule has 2 aromatic heterocycles. The van der Waals surface area contributed by atoms with Gasteiger partial charge in [-0.1, -0.05) is 11.8 Å². The van der Waals surface area contributed by atoms with Crippen molar-refractivity contribution in [3.63, 3.8) is 0 Å². The summed E-state index contributed by atoms with van der Waals surface area (Å²) in [5.74, 6) is 1.02. The van der Waals surface area contributed by atoms with Crippen molar-refractivity contribution in [2.75, 3.05) is 19.8 Å². The number of hydrogen-bond donors (Lipinski definition) is 0. The molecular weight excluding hydrogens is 354 g/mol. The normalized spacial score (nSPS) is 11.5. The molecule has 2 aromatic rings. The number of thioether (sulfide) groups is 1. The van der Waals surface area contributed by atoms with E-state index in [0.717, 1.165) is 44.4 Å². The second kappa shape index (κ2) is 8.36. The smallest absolute Gasteiger partial charge is 0.263 e. The lowest BCUT2D eigenvalue weighted by Gasteiger charge is -2.15. The van der Waals surface area contributed by atoms with Gasteiger partial charge in [0.15, 0.2) is 5.16 Å². The molecule has 0 atom stereocenters. The highest BCUT2D eigenvalue weighted by Crippen LogP contribution is 2.29. The van der Waals surface area contributed by atoms with Crippen LogP contribution in [0.4, 0.5) is 0 Å². The number of thiophene rings is 1. The monoisotopic (exact) mass is 381 g/mol. The molecule has 0 unspecified atom stereocenters. The summed E-state index contributed by atoms with van der Waals surface area (Å²) in [7, 11) is 3.56. The summed E-state index contributed by atoms with van der Waals surface area (Å²) >= 11 is 3.20. The fraction of sp³-hybridized carbons (Fsp3) is 0.611. The van der Waals surface area contributed by atoms with E-state index in [2.05, 4.69) is 0 Å². The van der Waals surface area contributed by atoms with Crippen LogP contribution in [0.25, 0.3) is 10.2 Å². The second-order valence-corrected chi connectivity index (χ2v) is 8.99. The number of unbranched alkanes of at least 4 members (excludes halogenated alkanes) is 1. The van der Waals surface area contributed by atoms with Crippen LogP contribution in [0.3, 0.4) is 0 Å². The quantitative estimate of drug-likeness (QED) is 0.413. The highest BCUT2D eigenvalue weighted by molar-refractivity contribution is 7.99. The number of hydrogen-bond acceptors (Lipinski definition) is 5. The summed E-state index contributed by atoms with van der Waals surface area (Å²) in [4.78, 5) is 32.9. The maximum absolute atomic E-state index is 12.9. The summed E-state index contributed by atoms with van der Waals surface area (Å²) < 4.78 is 1.80. The fourth-order valence-corrected chi connectivity index (χ4v) is 4.81. The molecule has 0 radical (unpaired) electrons. The minimum Gasteiger partial charge on any atom is -0.349 e. The van der Waals surface area contributed by atoms with E-state index in [4.69, 9.17) is 4.98 Å². The van der Waals surface area contributed by atoms with Gasteiger partial charge in [0.05, 0.1) is 5.39 Å². The molecule has 0 saturated carbocycles. The number of aryl methyl sites for hydroxylation is 2. The highest BCUT2D eigenvalue weighted by atomic mass is 32.2. The van der Waals surface area contributed by atoms with E-state index < -0.39 is 0 Å². The number of carbonyl (C=O) groups is 1. The zero-order chi connectivity index (χ0) is 18.7. The molecule has 0 aromatic carbocycles. The number of amides is 1. The molecule has 0 aliphatic heterocycles. The number of fused-ring (bicyclic) bond motifs is 1. The van der Waals surface area contributed by atoms with Gasteiger partial charge in [-0.3, -0.25) is 14.2 Å². The van der Waals surface area contributed by atoms with Crippen LogP contribution in [0.5, 0.6) is 0 Å². The first kappa shape index (κ1) is 20.0. The molecule has 0 N–H and O–H groups in total. The fourth-order valence-electron chi connectivity index (χ4n) is 2.61. The number of nitrogens with zero attached hydrogens (tertiary/aromatic N) is 3. The van der Waals surface area contributed by atoms with Crippen LogP contribution in [0.2, 0.25) is 0 Å². The molecule has 0 aliphatic rings. The Bertz CT molecular complexity index is 822. The maximum atomic E-state index is 12.9. The first-order chi connectivity index (χ1) is 11.7. The van der Waals surface area contributed by atoms with E-state index in [1.165, 1.54) is 0 Å². The highest BCUT2D eigenvalue weighted by Gasteiger charge is 2.18. The van der Waals surface area contributed by atoms with Gasteiger partial charge in [-0.15, -0.1) is 11.3 Å². The van der Waals surface area contributed by atoms with Gasteiger partial charge in [0.25, 0.3) is 5.56 Å². The van der Waals surface area contributed by atoms with Gasteiger partial charge in [-0.25, -0.2) is 4.98 Å². The van der Waals surface area contributed by atoms with Crippen molar-refractivity contribution in [3.05, 3.63) is 20.8 Å². The average molecular weight is 382 g/mol. The van der Waals surface area contributed by atoms with Gasteiger partial charge in [0, 0.05) is 37.2 Å². The summed E-state index contributed by atoms with van der Waals surface area (Å²) in [5, 5.41) is 1.55. The molecule has 25 heavy (non-hydrogen) atoms.